The SMILES string of the molecule is CC1CCN(C(=O)c2cc3n(n2)C[C@@](C)(C(=O)NC2CCCC2)N(C)C3=O)CC1. The van der Waals surface area contributed by atoms with Crippen LogP contribution in [0.2, 0.25) is 0 Å². The highest BCUT2D eigenvalue weighted by Crippen LogP contribution is 2.28. The molecule has 3 amide bonds. The number of likely N-dealkylation sites (tertiary alicyclic amines) is 1. The molecule has 8 heteroatoms. The van der Waals surface area contributed by atoms with Gasteiger partial charge in [0.25, 0.3) is 11.8 Å². The molecule has 158 valence electrons. The first-order chi connectivity index (χ1) is 13.8. The molecule has 0 radical (unpaired) electrons. The van der Waals surface area contributed by atoms with E-state index in [-0.39, 0.29) is 36.0 Å². The van der Waals surface area contributed by atoms with Crippen molar-refractivity contribution >= 4 is 17.7 Å². The highest BCUT2D eigenvalue weighted by atomic mass is 16.2. The Morgan fingerprint density at radius 2 is 1.83 bits per heavy atom. The Hall–Kier alpha value is -2.38. The molecule has 0 unspecified atom stereocenters. The quantitative estimate of drug-likeness (QED) is 0.834. The molecule has 2 fully saturated rings. The summed E-state index contributed by atoms with van der Waals surface area (Å²) in [6.07, 6.45) is 6.20. The Labute approximate surface area is 171 Å². The topological polar surface area (TPSA) is 87.5 Å². The summed E-state index contributed by atoms with van der Waals surface area (Å²) in [6.45, 7) is 5.65. The minimum atomic E-state index is -1.03. The van der Waals surface area contributed by atoms with E-state index in [1.807, 2.05) is 4.90 Å². The first-order valence-electron chi connectivity index (χ1n) is 10.8. The molecule has 2 aliphatic heterocycles. The van der Waals surface area contributed by atoms with Gasteiger partial charge in [-0.1, -0.05) is 19.8 Å². The second kappa shape index (κ2) is 7.46. The molecule has 29 heavy (non-hydrogen) atoms. The third kappa shape index (κ3) is 3.53. The van der Waals surface area contributed by atoms with Gasteiger partial charge < -0.3 is 15.1 Å². The van der Waals surface area contributed by atoms with Gasteiger partial charge in [0.1, 0.15) is 11.2 Å². The molecular weight excluding hydrogens is 370 g/mol. The number of piperidine rings is 1. The Bertz CT molecular complexity index is 820. The van der Waals surface area contributed by atoms with Gasteiger partial charge in [-0.15, -0.1) is 0 Å². The van der Waals surface area contributed by atoms with E-state index < -0.39 is 5.54 Å². The van der Waals surface area contributed by atoms with Gasteiger partial charge in [0.05, 0.1) is 6.54 Å². The molecule has 1 atom stereocenters. The van der Waals surface area contributed by atoms with Crippen molar-refractivity contribution in [2.75, 3.05) is 20.1 Å². The fourth-order valence-electron chi connectivity index (χ4n) is 4.62. The lowest BCUT2D eigenvalue weighted by molar-refractivity contribution is -0.133. The van der Waals surface area contributed by atoms with Crippen molar-refractivity contribution in [2.24, 2.45) is 5.92 Å². The minimum absolute atomic E-state index is 0.133. The first kappa shape index (κ1) is 19.9. The molecule has 1 saturated heterocycles. The zero-order chi connectivity index (χ0) is 20.8. The van der Waals surface area contributed by atoms with E-state index in [0.717, 1.165) is 51.6 Å². The molecule has 1 aromatic heterocycles. The number of hydrogen-bond acceptors (Lipinski definition) is 4. The molecule has 3 aliphatic rings. The van der Waals surface area contributed by atoms with Crippen LogP contribution in [0, 0.1) is 5.92 Å². The van der Waals surface area contributed by atoms with Crippen LogP contribution in [0.3, 0.4) is 0 Å². The zero-order valence-corrected chi connectivity index (χ0v) is 17.6. The summed E-state index contributed by atoms with van der Waals surface area (Å²) < 4.78 is 1.54. The van der Waals surface area contributed by atoms with Crippen LogP contribution in [0.5, 0.6) is 0 Å². The number of hydrogen-bond donors (Lipinski definition) is 1. The summed E-state index contributed by atoms with van der Waals surface area (Å²) in [6, 6.07) is 1.76. The van der Waals surface area contributed by atoms with Crippen molar-refractivity contribution < 1.29 is 14.4 Å². The first-order valence-corrected chi connectivity index (χ1v) is 10.8. The van der Waals surface area contributed by atoms with Crippen LogP contribution in [0.25, 0.3) is 0 Å². The maximum atomic E-state index is 13.0. The molecule has 0 bridgehead atoms. The molecule has 0 aromatic carbocycles. The number of carbonyl (C=O) groups excluding carboxylic acids is 3. The number of amides is 3. The molecule has 0 spiro atoms. The lowest BCUT2D eigenvalue weighted by Crippen LogP contribution is -2.63. The van der Waals surface area contributed by atoms with Crippen molar-refractivity contribution in [3.63, 3.8) is 0 Å². The Balaban J connectivity index is 1.54. The van der Waals surface area contributed by atoms with E-state index in [0.29, 0.717) is 11.6 Å². The summed E-state index contributed by atoms with van der Waals surface area (Å²) in [5.74, 6) is 0.0633. The fourth-order valence-corrected chi connectivity index (χ4v) is 4.62. The molecule has 1 aromatic rings. The summed E-state index contributed by atoms with van der Waals surface area (Å²) >= 11 is 0. The number of likely N-dealkylation sites (N-methyl/N-ethyl adjacent to an activating group) is 1. The Morgan fingerprint density at radius 1 is 1.17 bits per heavy atom. The summed E-state index contributed by atoms with van der Waals surface area (Å²) in [5.41, 5.74) is -0.372. The van der Waals surface area contributed by atoms with Crippen LogP contribution in [-0.4, -0.2) is 69.0 Å². The van der Waals surface area contributed by atoms with Crippen LogP contribution >= 0.6 is 0 Å². The van der Waals surface area contributed by atoms with Crippen LogP contribution in [0.15, 0.2) is 6.07 Å². The number of carbonyl (C=O) groups is 3. The lowest BCUT2D eigenvalue weighted by atomic mass is 9.95. The average molecular weight is 402 g/mol. The highest BCUT2D eigenvalue weighted by molar-refractivity contribution is 6.01. The lowest BCUT2D eigenvalue weighted by Gasteiger charge is -2.41. The van der Waals surface area contributed by atoms with E-state index in [9.17, 15) is 14.4 Å². The molecule has 8 nitrogen and oxygen atoms in total. The minimum Gasteiger partial charge on any atom is -0.351 e. The number of nitrogens with zero attached hydrogens (tertiary/aromatic N) is 4. The number of aromatic nitrogens is 2. The normalized spacial score (nSPS) is 26.0. The number of rotatable bonds is 3. The average Bonchev–Trinajstić information content (AvgIpc) is 3.36. The largest absolute Gasteiger partial charge is 0.351 e. The van der Waals surface area contributed by atoms with Gasteiger partial charge in [-0.2, -0.15) is 5.10 Å². The van der Waals surface area contributed by atoms with E-state index in [4.69, 9.17) is 0 Å². The predicted octanol–water partition coefficient (Wildman–Crippen LogP) is 1.66. The smallest absolute Gasteiger partial charge is 0.274 e. The van der Waals surface area contributed by atoms with Crippen molar-refractivity contribution in [2.45, 2.75) is 70.5 Å². The number of nitrogens with one attached hydrogen (secondary N) is 1. The van der Waals surface area contributed by atoms with E-state index in [1.165, 1.54) is 9.58 Å². The summed E-state index contributed by atoms with van der Waals surface area (Å²) in [4.78, 5) is 42.2. The Morgan fingerprint density at radius 3 is 2.48 bits per heavy atom. The summed E-state index contributed by atoms with van der Waals surface area (Å²) in [7, 11) is 1.65. The third-order valence-electron chi connectivity index (χ3n) is 6.97. The van der Waals surface area contributed by atoms with E-state index in [1.54, 1.807) is 20.0 Å². The number of fused-ring (bicyclic) bond motifs is 1. The summed E-state index contributed by atoms with van der Waals surface area (Å²) in [5, 5.41) is 7.54. The van der Waals surface area contributed by atoms with Gasteiger partial charge >= 0.3 is 0 Å². The molecule has 3 heterocycles. The standard InChI is InChI=1S/C21H31N5O3/c1-14-8-10-25(11-9-14)18(27)16-12-17-19(28)24(3)21(2,13-26(17)23-16)20(29)22-15-6-4-5-7-15/h12,14-15H,4-11,13H2,1-3H3,(H,22,29)/t21-/m0/s1. The van der Waals surface area contributed by atoms with Gasteiger partial charge in [0, 0.05) is 32.2 Å². The predicted molar refractivity (Wildman–Crippen MR) is 107 cm³/mol. The second-order valence-electron chi connectivity index (χ2n) is 9.14. The third-order valence-corrected chi connectivity index (χ3v) is 6.97. The van der Waals surface area contributed by atoms with Gasteiger partial charge in [-0.25, -0.2) is 0 Å². The second-order valence-corrected chi connectivity index (χ2v) is 9.14. The maximum Gasteiger partial charge on any atom is 0.274 e. The fraction of sp³-hybridized carbons (Fsp3) is 0.714. The highest BCUT2D eigenvalue weighted by Gasteiger charge is 2.47. The van der Waals surface area contributed by atoms with Gasteiger partial charge in [0.2, 0.25) is 5.91 Å². The molecule has 1 N–H and O–H groups in total. The van der Waals surface area contributed by atoms with E-state index >= 15 is 0 Å². The molecule has 1 aliphatic carbocycles. The van der Waals surface area contributed by atoms with E-state index in [2.05, 4.69) is 17.3 Å². The van der Waals surface area contributed by atoms with Crippen LogP contribution < -0.4 is 5.32 Å². The van der Waals surface area contributed by atoms with Gasteiger partial charge in [0.15, 0.2) is 5.69 Å². The molecule has 4 rings (SSSR count). The van der Waals surface area contributed by atoms with Crippen molar-refractivity contribution in [1.29, 1.82) is 0 Å². The van der Waals surface area contributed by atoms with Gasteiger partial charge in [-0.3, -0.25) is 19.1 Å². The Kier molecular flexibility index (Phi) is 5.12. The van der Waals surface area contributed by atoms with Crippen LogP contribution in [-0.2, 0) is 11.3 Å². The zero-order valence-electron chi connectivity index (χ0n) is 17.6. The van der Waals surface area contributed by atoms with Crippen LogP contribution in [0.4, 0.5) is 0 Å². The molecule has 1 saturated carbocycles. The molecular formula is C21H31N5O3. The van der Waals surface area contributed by atoms with Crippen LogP contribution in [0.1, 0.15) is 73.3 Å². The monoisotopic (exact) mass is 401 g/mol. The maximum absolute atomic E-state index is 13.0. The van der Waals surface area contributed by atoms with Crippen molar-refractivity contribution in [1.82, 2.24) is 24.9 Å². The van der Waals surface area contributed by atoms with Crippen molar-refractivity contribution in [3.8, 4) is 0 Å². The van der Waals surface area contributed by atoms with Crippen molar-refractivity contribution in [3.05, 3.63) is 17.5 Å². The van der Waals surface area contributed by atoms with Gasteiger partial charge in [-0.05, 0) is 38.5 Å².